The molecule has 0 aromatic heterocycles. The summed E-state index contributed by atoms with van der Waals surface area (Å²) in [5.74, 6) is -1.79. The Balaban J connectivity index is 1.84. The highest BCUT2D eigenvalue weighted by molar-refractivity contribution is 7.95. The predicted molar refractivity (Wildman–Crippen MR) is 111 cm³/mol. The van der Waals surface area contributed by atoms with Crippen LogP contribution in [0, 0.1) is 5.92 Å². The van der Waals surface area contributed by atoms with Crippen molar-refractivity contribution in [3.8, 4) is 0 Å². The van der Waals surface area contributed by atoms with Crippen molar-refractivity contribution in [2.24, 2.45) is 5.92 Å². The molecule has 3 atom stereocenters. The van der Waals surface area contributed by atoms with Crippen molar-refractivity contribution in [3.63, 3.8) is 0 Å². The third-order valence-electron chi connectivity index (χ3n) is 6.40. The summed E-state index contributed by atoms with van der Waals surface area (Å²) in [7, 11) is -0.773. The van der Waals surface area contributed by atoms with Crippen LogP contribution in [0.3, 0.4) is 0 Å². The van der Waals surface area contributed by atoms with E-state index in [0.717, 1.165) is 0 Å². The third-order valence-corrected chi connectivity index (χ3v) is 8.32. The third kappa shape index (κ3) is 3.93. The second-order valence-corrected chi connectivity index (χ2v) is 9.81. The number of sulfonamides is 1. The number of carbonyl (C=O) groups is 3. The number of amides is 1. The lowest BCUT2D eigenvalue weighted by Gasteiger charge is -2.45. The van der Waals surface area contributed by atoms with Crippen LogP contribution in [-0.2, 0) is 33.7 Å². The molecule has 2 saturated heterocycles. The zero-order valence-electron chi connectivity index (χ0n) is 18.2. The van der Waals surface area contributed by atoms with Gasteiger partial charge in [-0.1, -0.05) is 4.21 Å². The number of ketones is 1. The van der Waals surface area contributed by atoms with E-state index >= 15 is 0 Å². The van der Waals surface area contributed by atoms with Crippen molar-refractivity contribution in [1.82, 2.24) is 9.21 Å². The summed E-state index contributed by atoms with van der Waals surface area (Å²) in [5.41, 5.74) is -0.431. The van der Waals surface area contributed by atoms with Gasteiger partial charge in [-0.25, -0.2) is 0 Å². The molecule has 1 aromatic rings. The van der Waals surface area contributed by atoms with Crippen LogP contribution in [0.15, 0.2) is 29.2 Å². The summed E-state index contributed by atoms with van der Waals surface area (Å²) in [5, 5.41) is 0. The van der Waals surface area contributed by atoms with Crippen molar-refractivity contribution >= 4 is 28.1 Å². The molecule has 0 radical (unpaired) electrons. The van der Waals surface area contributed by atoms with E-state index in [1.54, 1.807) is 14.0 Å². The number of benzene rings is 1. The number of esters is 1. The topological polar surface area (TPSA) is 116 Å². The fourth-order valence-electron chi connectivity index (χ4n) is 4.63. The Morgan fingerprint density at radius 3 is 2.29 bits per heavy atom. The van der Waals surface area contributed by atoms with Crippen LogP contribution in [0.1, 0.15) is 37.0 Å². The first-order valence-corrected chi connectivity index (χ1v) is 11.6. The fourth-order valence-corrected chi connectivity index (χ4v) is 6.07. The second kappa shape index (κ2) is 8.78. The lowest BCUT2D eigenvalue weighted by atomic mass is 9.76. The molecule has 0 saturated carbocycles. The minimum atomic E-state index is -3.78. The van der Waals surface area contributed by atoms with E-state index in [1.807, 2.05) is 0 Å². The lowest BCUT2D eigenvalue weighted by Crippen LogP contribution is -2.58. The van der Waals surface area contributed by atoms with E-state index in [2.05, 4.69) is 0 Å². The maximum Gasteiger partial charge on any atom is 0.314 e. The highest BCUT2D eigenvalue weighted by Crippen LogP contribution is 2.45. The SMILES string of the molecule is CCOC(=O)[C@@H]1[C@@H](OC)C(=O)N(C)C12CCN([S+](=O)([O-])c1ccc(C(C)=O)cc1)CC2. The van der Waals surface area contributed by atoms with Crippen LogP contribution >= 0.6 is 0 Å². The summed E-state index contributed by atoms with van der Waals surface area (Å²) in [6.07, 6.45) is -0.390. The number of Topliss-reactive ketones (excluding diaryl/α,β-unsaturated/α-hetero) is 1. The number of hydrogen-bond donors (Lipinski definition) is 0. The Hall–Kier alpha value is -2.14. The van der Waals surface area contributed by atoms with Crippen molar-refractivity contribution < 1.29 is 32.6 Å². The summed E-state index contributed by atoms with van der Waals surface area (Å²) < 4.78 is 38.1. The standard InChI is InChI=1S/C21H28N2O7S/c1-5-30-20(26)17-18(29-4)19(25)22(3)21(17)10-12-23(13-11-21)31(27,28)16-8-6-15(7-9-16)14(2)24/h6-9,17-18H,5,10-13H2,1-4H3/t17-,18+/m0/s1. The number of rotatable bonds is 6. The Labute approximate surface area is 183 Å². The number of ether oxygens (including phenoxy) is 2. The van der Waals surface area contributed by atoms with Crippen molar-refractivity contribution in [3.05, 3.63) is 29.8 Å². The minimum Gasteiger partial charge on any atom is -0.593 e. The van der Waals surface area contributed by atoms with Gasteiger partial charge >= 0.3 is 5.97 Å². The molecule has 0 bridgehead atoms. The molecule has 2 aliphatic heterocycles. The first kappa shape index (κ1) is 23.5. The van der Waals surface area contributed by atoms with Gasteiger partial charge in [-0.05, 0) is 51.0 Å². The minimum absolute atomic E-state index is 0.0982. The summed E-state index contributed by atoms with van der Waals surface area (Å²) in [6, 6.07) is 5.82. The maximum absolute atomic E-state index is 13.1. The van der Waals surface area contributed by atoms with Crippen LogP contribution in [0.4, 0.5) is 0 Å². The average molecular weight is 453 g/mol. The molecule has 2 heterocycles. The molecule has 2 fully saturated rings. The number of hydrogen-bond acceptors (Lipinski definition) is 7. The Morgan fingerprint density at radius 1 is 1.23 bits per heavy atom. The van der Waals surface area contributed by atoms with Gasteiger partial charge in [0, 0.05) is 32.8 Å². The first-order valence-electron chi connectivity index (χ1n) is 10.2. The number of likely N-dealkylation sites (N-methyl/N-ethyl adjacent to an activating group) is 1. The van der Waals surface area contributed by atoms with Crippen LogP contribution in [0.5, 0.6) is 0 Å². The molecule has 10 heteroatoms. The Morgan fingerprint density at radius 2 is 1.81 bits per heavy atom. The molecule has 170 valence electrons. The fraction of sp³-hybridized carbons (Fsp3) is 0.571. The van der Waals surface area contributed by atoms with E-state index in [-0.39, 0.29) is 49.1 Å². The molecule has 9 nitrogen and oxygen atoms in total. The first-order chi connectivity index (χ1) is 14.6. The Kier molecular flexibility index (Phi) is 6.66. The van der Waals surface area contributed by atoms with Crippen LogP contribution in [0.2, 0.25) is 0 Å². The molecular formula is C21H28N2O7S. The summed E-state index contributed by atoms with van der Waals surface area (Å²) in [4.78, 5) is 38.5. The van der Waals surface area contributed by atoms with E-state index in [0.29, 0.717) is 5.56 Å². The van der Waals surface area contributed by atoms with E-state index < -0.39 is 33.9 Å². The molecule has 1 amide bonds. The molecular weight excluding hydrogens is 424 g/mol. The van der Waals surface area contributed by atoms with Crippen molar-refractivity contribution in [2.45, 2.75) is 43.2 Å². The molecule has 1 aromatic carbocycles. The van der Waals surface area contributed by atoms with Gasteiger partial charge in [0.1, 0.15) is 5.92 Å². The number of carbonyl (C=O) groups excluding carboxylic acids is 3. The van der Waals surface area contributed by atoms with Gasteiger partial charge in [0.05, 0.1) is 12.1 Å². The number of methoxy groups -OCH3 is 1. The molecule has 0 N–H and O–H groups in total. The van der Waals surface area contributed by atoms with E-state index in [4.69, 9.17) is 9.47 Å². The Bertz CT molecular complexity index is 909. The maximum atomic E-state index is 13.1. The van der Waals surface area contributed by atoms with Gasteiger partial charge in [0.15, 0.2) is 27.2 Å². The highest BCUT2D eigenvalue weighted by Gasteiger charge is 2.62. The molecule has 0 aliphatic carbocycles. The molecule has 31 heavy (non-hydrogen) atoms. The number of nitrogens with zero attached hydrogens (tertiary/aromatic N) is 2. The summed E-state index contributed by atoms with van der Waals surface area (Å²) >= 11 is 0. The van der Waals surface area contributed by atoms with Crippen LogP contribution < -0.4 is 0 Å². The van der Waals surface area contributed by atoms with E-state index in [1.165, 1.54) is 47.5 Å². The smallest absolute Gasteiger partial charge is 0.314 e. The number of piperidine rings is 1. The zero-order chi connectivity index (χ0) is 23.0. The average Bonchev–Trinajstić information content (AvgIpc) is 2.95. The van der Waals surface area contributed by atoms with Gasteiger partial charge in [-0.2, -0.15) is 0 Å². The highest BCUT2D eigenvalue weighted by atomic mass is 32.3. The molecule has 2 aliphatic rings. The molecule has 1 spiro atoms. The van der Waals surface area contributed by atoms with Gasteiger partial charge < -0.3 is 18.9 Å². The van der Waals surface area contributed by atoms with Gasteiger partial charge in [-0.3, -0.25) is 14.4 Å². The van der Waals surface area contributed by atoms with Crippen LogP contribution in [0.25, 0.3) is 0 Å². The predicted octanol–water partition coefficient (Wildman–Crippen LogP) is 1.29. The van der Waals surface area contributed by atoms with Gasteiger partial charge in [-0.15, -0.1) is 4.31 Å². The largest absolute Gasteiger partial charge is 0.593 e. The normalized spacial score (nSPS) is 25.5. The number of likely N-dealkylation sites (tertiary alicyclic amines) is 1. The van der Waals surface area contributed by atoms with Gasteiger partial charge in [0.2, 0.25) is 0 Å². The van der Waals surface area contributed by atoms with Crippen LogP contribution in [-0.4, -0.2) is 76.9 Å². The monoisotopic (exact) mass is 452 g/mol. The van der Waals surface area contributed by atoms with E-state index in [9.17, 15) is 23.1 Å². The second-order valence-electron chi connectivity index (χ2n) is 7.87. The van der Waals surface area contributed by atoms with Crippen molar-refractivity contribution in [2.75, 3.05) is 33.9 Å². The zero-order valence-corrected chi connectivity index (χ0v) is 19.0. The lowest BCUT2D eigenvalue weighted by molar-refractivity contribution is -0.156. The summed E-state index contributed by atoms with van der Waals surface area (Å²) in [6.45, 7) is 3.57. The molecule has 3 rings (SSSR count). The quantitative estimate of drug-likeness (QED) is 0.363. The van der Waals surface area contributed by atoms with Crippen molar-refractivity contribution in [1.29, 1.82) is 0 Å². The van der Waals surface area contributed by atoms with Gasteiger partial charge in [0.25, 0.3) is 5.91 Å². The molecule has 1 unspecified atom stereocenters.